The number of furan rings is 1. The summed E-state index contributed by atoms with van der Waals surface area (Å²) in [7, 11) is 1.56. The fourth-order valence-electron chi connectivity index (χ4n) is 3.77. The molecule has 1 atom stereocenters. The van der Waals surface area contributed by atoms with E-state index in [2.05, 4.69) is 6.58 Å². The molecule has 0 aliphatic carbocycles. The van der Waals surface area contributed by atoms with Gasteiger partial charge in [0.15, 0.2) is 0 Å². The van der Waals surface area contributed by atoms with Crippen LogP contribution in [0.25, 0.3) is 5.76 Å². The molecule has 33 heavy (non-hydrogen) atoms. The lowest BCUT2D eigenvalue weighted by molar-refractivity contribution is -0.140. The van der Waals surface area contributed by atoms with Crippen molar-refractivity contribution in [1.29, 1.82) is 0 Å². The van der Waals surface area contributed by atoms with Crippen LogP contribution in [0.15, 0.2) is 89.6 Å². The second-order valence-electron chi connectivity index (χ2n) is 7.40. The summed E-state index contributed by atoms with van der Waals surface area (Å²) < 4.78 is 16.1. The van der Waals surface area contributed by atoms with Crippen molar-refractivity contribution >= 4 is 17.4 Å². The molecule has 168 valence electrons. The smallest absolute Gasteiger partial charge is 0.296 e. The summed E-state index contributed by atoms with van der Waals surface area (Å²) in [5, 5.41) is 11.1. The number of Topliss-reactive ketones (excluding diaryl/α,β-unsaturated/α-hetero) is 1. The Kier molecular flexibility index (Phi) is 6.31. The first kappa shape index (κ1) is 22.0. The maximum atomic E-state index is 13.1. The highest BCUT2D eigenvalue weighted by Gasteiger charge is 2.46. The third-order valence-electron chi connectivity index (χ3n) is 5.37. The molecule has 0 unspecified atom stereocenters. The normalized spacial score (nSPS) is 17.2. The van der Waals surface area contributed by atoms with Gasteiger partial charge in [-0.2, -0.15) is 0 Å². The highest BCUT2D eigenvalue weighted by atomic mass is 16.5. The Morgan fingerprint density at radius 1 is 1.09 bits per heavy atom. The van der Waals surface area contributed by atoms with Crippen LogP contribution in [0.3, 0.4) is 0 Å². The van der Waals surface area contributed by atoms with E-state index in [0.717, 1.165) is 0 Å². The van der Waals surface area contributed by atoms with Crippen LogP contribution >= 0.6 is 0 Å². The standard InChI is InChI=1S/C26H23NO6/c1-3-14-32-20-12-8-18(9-13-20)24(28)22-23(17-6-10-19(31-2)11-7-17)27(26(30)25(22)29)16-21-5-4-15-33-21/h3-13,15,23,28H,1,14,16H2,2H3/t23-/m0/s1. The highest BCUT2D eigenvalue weighted by molar-refractivity contribution is 6.46. The van der Waals surface area contributed by atoms with E-state index in [1.807, 2.05) is 0 Å². The van der Waals surface area contributed by atoms with E-state index in [4.69, 9.17) is 13.9 Å². The van der Waals surface area contributed by atoms with Gasteiger partial charge in [0.25, 0.3) is 11.7 Å². The molecule has 7 heteroatoms. The number of aliphatic hydroxyl groups is 1. The number of nitrogens with zero attached hydrogens (tertiary/aromatic N) is 1. The van der Waals surface area contributed by atoms with Gasteiger partial charge in [-0.25, -0.2) is 0 Å². The number of carbonyl (C=O) groups is 2. The van der Waals surface area contributed by atoms with Crippen LogP contribution in [0, 0.1) is 0 Å². The number of benzene rings is 2. The van der Waals surface area contributed by atoms with Crippen molar-refractivity contribution in [2.24, 2.45) is 0 Å². The number of hydrogen-bond acceptors (Lipinski definition) is 6. The van der Waals surface area contributed by atoms with Gasteiger partial charge in [0.1, 0.15) is 29.6 Å². The van der Waals surface area contributed by atoms with Gasteiger partial charge in [-0.1, -0.05) is 24.8 Å². The number of aliphatic hydroxyl groups excluding tert-OH is 1. The SMILES string of the molecule is C=CCOc1ccc(C(O)=C2C(=O)C(=O)N(Cc3ccco3)[C@H]2c2ccc(OC)cc2)cc1. The molecule has 0 spiro atoms. The molecule has 0 saturated carbocycles. The molecular formula is C26H23NO6. The third kappa shape index (κ3) is 4.39. The molecule has 1 aliphatic heterocycles. The fourth-order valence-corrected chi connectivity index (χ4v) is 3.77. The minimum atomic E-state index is -0.794. The Morgan fingerprint density at radius 2 is 1.79 bits per heavy atom. The predicted molar refractivity (Wildman–Crippen MR) is 122 cm³/mol. The van der Waals surface area contributed by atoms with Crippen molar-refractivity contribution in [2.75, 3.05) is 13.7 Å². The molecule has 2 heterocycles. The number of ether oxygens (including phenoxy) is 2. The van der Waals surface area contributed by atoms with E-state index in [1.54, 1.807) is 73.8 Å². The molecule has 1 fully saturated rings. The fraction of sp³-hybridized carbons (Fsp3) is 0.154. The molecule has 1 aromatic heterocycles. The first-order valence-corrected chi connectivity index (χ1v) is 10.3. The predicted octanol–water partition coefficient (Wildman–Crippen LogP) is 4.47. The second-order valence-corrected chi connectivity index (χ2v) is 7.40. The summed E-state index contributed by atoms with van der Waals surface area (Å²) in [4.78, 5) is 27.5. The summed E-state index contributed by atoms with van der Waals surface area (Å²) in [6.07, 6.45) is 3.13. The number of hydrogen-bond donors (Lipinski definition) is 1. The zero-order chi connectivity index (χ0) is 23.4. The Bertz CT molecular complexity index is 1180. The van der Waals surface area contributed by atoms with E-state index in [-0.39, 0.29) is 17.9 Å². The van der Waals surface area contributed by atoms with Crippen LogP contribution in [-0.4, -0.2) is 35.4 Å². The van der Waals surface area contributed by atoms with Crippen LogP contribution < -0.4 is 9.47 Å². The lowest BCUT2D eigenvalue weighted by Gasteiger charge is -2.24. The Balaban J connectivity index is 1.78. The Morgan fingerprint density at radius 3 is 2.39 bits per heavy atom. The van der Waals surface area contributed by atoms with E-state index < -0.39 is 17.7 Å². The van der Waals surface area contributed by atoms with Gasteiger partial charge >= 0.3 is 0 Å². The Hall–Kier alpha value is -4.26. The maximum absolute atomic E-state index is 13.1. The number of carbonyl (C=O) groups excluding carboxylic acids is 2. The van der Waals surface area contributed by atoms with Crippen LogP contribution in [0.5, 0.6) is 11.5 Å². The molecule has 4 rings (SSSR count). The highest BCUT2D eigenvalue weighted by Crippen LogP contribution is 2.40. The summed E-state index contributed by atoms with van der Waals surface area (Å²) in [6.45, 7) is 4.04. The van der Waals surface area contributed by atoms with E-state index in [0.29, 0.717) is 35.0 Å². The van der Waals surface area contributed by atoms with Crippen LogP contribution in [0.1, 0.15) is 22.9 Å². The summed E-state index contributed by atoms with van der Waals surface area (Å²) in [5.41, 5.74) is 1.07. The molecule has 1 aliphatic rings. The number of rotatable bonds is 8. The molecule has 7 nitrogen and oxygen atoms in total. The molecule has 2 aromatic carbocycles. The average Bonchev–Trinajstić information content (AvgIpc) is 3.45. The minimum Gasteiger partial charge on any atom is -0.507 e. The molecule has 1 N–H and O–H groups in total. The zero-order valence-electron chi connectivity index (χ0n) is 18.1. The van der Waals surface area contributed by atoms with Crippen molar-refractivity contribution < 1.29 is 28.6 Å². The summed E-state index contributed by atoms with van der Waals surface area (Å²) >= 11 is 0. The third-order valence-corrected chi connectivity index (χ3v) is 5.37. The maximum Gasteiger partial charge on any atom is 0.296 e. The van der Waals surface area contributed by atoms with Crippen LogP contribution in [-0.2, 0) is 16.1 Å². The number of ketones is 1. The largest absolute Gasteiger partial charge is 0.507 e. The zero-order valence-corrected chi connectivity index (χ0v) is 18.1. The quantitative estimate of drug-likeness (QED) is 0.238. The minimum absolute atomic E-state index is 0.0106. The monoisotopic (exact) mass is 445 g/mol. The summed E-state index contributed by atoms with van der Waals surface area (Å²) in [5.74, 6) is 0.0327. The van der Waals surface area contributed by atoms with Gasteiger partial charge in [-0.15, -0.1) is 0 Å². The van der Waals surface area contributed by atoms with Gasteiger partial charge < -0.3 is 23.9 Å². The van der Waals surface area contributed by atoms with Gasteiger partial charge in [0.05, 0.1) is 31.5 Å². The molecule has 0 bridgehead atoms. The van der Waals surface area contributed by atoms with Gasteiger partial charge in [-0.05, 0) is 54.1 Å². The van der Waals surface area contributed by atoms with Crippen molar-refractivity contribution in [1.82, 2.24) is 4.90 Å². The van der Waals surface area contributed by atoms with Crippen molar-refractivity contribution in [2.45, 2.75) is 12.6 Å². The van der Waals surface area contributed by atoms with Gasteiger partial charge in [-0.3, -0.25) is 9.59 Å². The topological polar surface area (TPSA) is 89.2 Å². The summed E-state index contributed by atoms with van der Waals surface area (Å²) in [6, 6.07) is 16.3. The molecule has 3 aromatic rings. The lowest BCUT2D eigenvalue weighted by atomic mass is 9.95. The van der Waals surface area contributed by atoms with E-state index >= 15 is 0 Å². The number of methoxy groups -OCH3 is 1. The molecular weight excluding hydrogens is 422 g/mol. The first-order chi connectivity index (χ1) is 16.0. The van der Waals surface area contributed by atoms with Gasteiger partial charge in [0, 0.05) is 5.56 Å². The van der Waals surface area contributed by atoms with Crippen molar-refractivity contribution in [3.05, 3.63) is 102 Å². The molecule has 0 radical (unpaired) electrons. The second kappa shape index (κ2) is 9.48. The van der Waals surface area contributed by atoms with Crippen LogP contribution in [0.2, 0.25) is 0 Å². The van der Waals surface area contributed by atoms with Crippen molar-refractivity contribution in [3.63, 3.8) is 0 Å². The van der Waals surface area contributed by atoms with Gasteiger partial charge in [0.2, 0.25) is 0 Å². The average molecular weight is 445 g/mol. The number of amides is 1. The first-order valence-electron chi connectivity index (χ1n) is 10.3. The lowest BCUT2D eigenvalue weighted by Crippen LogP contribution is -2.29. The van der Waals surface area contributed by atoms with E-state index in [9.17, 15) is 14.7 Å². The van der Waals surface area contributed by atoms with Crippen molar-refractivity contribution in [3.8, 4) is 11.5 Å². The van der Waals surface area contributed by atoms with Crippen LogP contribution in [0.4, 0.5) is 0 Å². The number of likely N-dealkylation sites (tertiary alicyclic amines) is 1. The molecule has 1 saturated heterocycles. The van der Waals surface area contributed by atoms with E-state index in [1.165, 1.54) is 11.2 Å². The molecule has 1 amide bonds. The Labute approximate surface area is 191 Å².